The number of aromatic nitrogens is 3. The number of hydrogen-bond acceptors (Lipinski definition) is 7. The van der Waals surface area contributed by atoms with Gasteiger partial charge in [-0.1, -0.05) is 0 Å². The molecule has 4 N–H and O–H groups in total. The van der Waals surface area contributed by atoms with Crippen molar-refractivity contribution in [1.29, 1.82) is 0 Å². The number of nitrogens with one attached hydrogen (secondary N) is 2. The van der Waals surface area contributed by atoms with Crippen molar-refractivity contribution >= 4 is 35.6 Å². The molecule has 4 rings (SSSR count). The lowest BCUT2D eigenvalue weighted by atomic mass is 9.97. The van der Waals surface area contributed by atoms with Gasteiger partial charge in [-0.25, -0.2) is 9.97 Å². The number of piperidine rings is 1. The van der Waals surface area contributed by atoms with Crippen LogP contribution in [0.1, 0.15) is 28.9 Å². The van der Waals surface area contributed by atoms with Crippen molar-refractivity contribution < 1.29 is 4.79 Å². The molecule has 1 spiro atoms. The minimum absolute atomic E-state index is 0. The first kappa shape index (κ1) is 19.1. The molecule has 0 radical (unpaired) electrons. The van der Waals surface area contributed by atoms with E-state index in [1.54, 1.807) is 16.7 Å². The number of nitrogen functional groups attached to an aromatic ring is 1. The molecule has 0 unspecified atom stereocenters. The number of rotatable bonds is 2. The molecule has 27 heavy (non-hydrogen) atoms. The van der Waals surface area contributed by atoms with Gasteiger partial charge in [0.15, 0.2) is 0 Å². The first-order valence-electron chi connectivity index (χ1n) is 8.52. The highest BCUT2D eigenvalue weighted by molar-refractivity contribution is 5.97. The lowest BCUT2D eigenvalue weighted by molar-refractivity contribution is 0.0799. The third-order valence-electron chi connectivity index (χ3n) is 5.15. The Morgan fingerprint density at radius 1 is 1.22 bits per heavy atom. The molecule has 2 aliphatic rings. The number of carbonyl (C=O) groups is 1. The number of nitrogens with zero attached hydrogens (tertiary/aromatic N) is 4. The van der Waals surface area contributed by atoms with E-state index in [2.05, 4.69) is 25.5 Å². The Morgan fingerprint density at radius 3 is 2.59 bits per heavy atom. The van der Waals surface area contributed by atoms with E-state index in [-0.39, 0.29) is 23.9 Å². The van der Waals surface area contributed by atoms with Gasteiger partial charge in [-0.3, -0.25) is 14.2 Å². The normalized spacial score (nSPS) is 17.9. The number of likely N-dealkylation sites (tertiary alicyclic amines) is 1. The summed E-state index contributed by atoms with van der Waals surface area (Å²) in [6, 6.07) is 3.24. The van der Waals surface area contributed by atoms with E-state index in [0.29, 0.717) is 35.9 Å². The van der Waals surface area contributed by atoms with E-state index in [1.807, 2.05) is 14.0 Å². The SMILES string of the molecule is Cc1cc(Nc2cc(N)ncn2)c(=O)n2c1C(=O)NC21CCN(C)CC1.Cl. The smallest absolute Gasteiger partial charge is 0.276 e. The lowest BCUT2D eigenvalue weighted by Crippen LogP contribution is -2.53. The molecular formula is C17H22ClN7O2. The average molecular weight is 392 g/mol. The molecule has 2 aliphatic heterocycles. The number of carbonyl (C=O) groups excluding carboxylic acids is 1. The standard InChI is InChI=1S/C17H21N7O2.ClH/c1-10-7-11(21-13-8-12(18)19-9-20-13)16(26)24-14(10)15(25)22-17(24)3-5-23(2)6-4-17;/h7-9H,3-6H2,1-2H3,(H,22,25)(H3,18,19,20,21);1H. The molecule has 0 saturated carbocycles. The highest BCUT2D eigenvalue weighted by Crippen LogP contribution is 2.33. The molecular weight excluding hydrogens is 370 g/mol. The Morgan fingerprint density at radius 2 is 1.93 bits per heavy atom. The fraction of sp³-hybridized carbons (Fsp3) is 0.412. The van der Waals surface area contributed by atoms with Crippen LogP contribution in [0.2, 0.25) is 0 Å². The summed E-state index contributed by atoms with van der Waals surface area (Å²) in [7, 11) is 2.04. The second kappa shape index (κ2) is 6.82. The van der Waals surface area contributed by atoms with Crippen molar-refractivity contribution in [3.05, 3.63) is 40.1 Å². The highest BCUT2D eigenvalue weighted by atomic mass is 35.5. The van der Waals surface area contributed by atoms with Crippen LogP contribution in [-0.2, 0) is 5.66 Å². The number of fused-ring (bicyclic) bond motifs is 2. The van der Waals surface area contributed by atoms with Crippen LogP contribution in [0, 0.1) is 6.92 Å². The first-order valence-corrected chi connectivity index (χ1v) is 8.52. The number of amides is 1. The van der Waals surface area contributed by atoms with Gasteiger partial charge in [-0.15, -0.1) is 12.4 Å². The fourth-order valence-corrected chi connectivity index (χ4v) is 3.77. The van der Waals surface area contributed by atoms with Crippen LogP contribution in [0.25, 0.3) is 0 Å². The Kier molecular flexibility index (Phi) is 4.83. The topological polar surface area (TPSA) is 118 Å². The van der Waals surface area contributed by atoms with Gasteiger partial charge in [-0.2, -0.15) is 0 Å². The van der Waals surface area contributed by atoms with Crippen LogP contribution in [0.4, 0.5) is 17.3 Å². The van der Waals surface area contributed by atoms with E-state index in [4.69, 9.17) is 5.73 Å². The van der Waals surface area contributed by atoms with E-state index in [9.17, 15) is 9.59 Å². The molecule has 4 heterocycles. The molecule has 1 saturated heterocycles. The minimum Gasteiger partial charge on any atom is -0.384 e. The zero-order valence-electron chi connectivity index (χ0n) is 15.2. The van der Waals surface area contributed by atoms with Crippen molar-refractivity contribution in [1.82, 2.24) is 24.8 Å². The summed E-state index contributed by atoms with van der Waals surface area (Å²) < 4.78 is 1.63. The van der Waals surface area contributed by atoms with Gasteiger partial charge in [0.1, 0.15) is 35.0 Å². The molecule has 9 nitrogen and oxygen atoms in total. The Bertz CT molecular complexity index is 951. The summed E-state index contributed by atoms with van der Waals surface area (Å²) in [5.74, 6) is 0.551. The van der Waals surface area contributed by atoms with E-state index in [0.717, 1.165) is 18.7 Å². The highest BCUT2D eigenvalue weighted by Gasteiger charge is 2.46. The number of anilines is 3. The molecule has 0 aliphatic carbocycles. The van der Waals surface area contributed by atoms with Crippen LogP contribution < -0.4 is 21.9 Å². The van der Waals surface area contributed by atoms with Crippen molar-refractivity contribution in [2.75, 3.05) is 31.2 Å². The van der Waals surface area contributed by atoms with Crippen LogP contribution in [0.3, 0.4) is 0 Å². The second-order valence-corrected chi connectivity index (χ2v) is 6.97. The van der Waals surface area contributed by atoms with Gasteiger partial charge in [0.05, 0.1) is 0 Å². The molecule has 0 atom stereocenters. The zero-order valence-corrected chi connectivity index (χ0v) is 16.0. The predicted octanol–water partition coefficient (Wildman–Crippen LogP) is 0.816. The molecule has 2 aromatic heterocycles. The van der Waals surface area contributed by atoms with Crippen LogP contribution >= 0.6 is 12.4 Å². The fourth-order valence-electron chi connectivity index (χ4n) is 3.77. The number of halogens is 1. The maximum absolute atomic E-state index is 13.2. The van der Waals surface area contributed by atoms with Crippen molar-refractivity contribution in [2.24, 2.45) is 0 Å². The monoisotopic (exact) mass is 391 g/mol. The van der Waals surface area contributed by atoms with Gasteiger partial charge in [-0.05, 0) is 25.6 Å². The molecule has 0 aromatic carbocycles. The van der Waals surface area contributed by atoms with Crippen molar-refractivity contribution in [3.63, 3.8) is 0 Å². The van der Waals surface area contributed by atoms with E-state index < -0.39 is 5.66 Å². The van der Waals surface area contributed by atoms with E-state index in [1.165, 1.54) is 6.33 Å². The summed E-state index contributed by atoms with van der Waals surface area (Å²) in [6.45, 7) is 3.45. The quantitative estimate of drug-likeness (QED) is 0.693. The third kappa shape index (κ3) is 3.13. The summed E-state index contributed by atoms with van der Waals surface area (Å²) in [5.41, 5.74) is 6.31. The van der Waals surface area contributed by atoms with Gasteiger partial charge < -0.3 is 21.3 Å². The molecule has 2 aromatic rings. The molecule has 1 fully saturated rings. The number of pyridine rings is 1. The summed E-state index contributed by atoms with van der Waals surface area (Å²) in [6.07, 6.45) is 2.70. The zero-order chi connectivity index (χ0) is 18.5. The third-order valence-corrected chi connectivity index (χ3v) is 5.15. The van der Waals surface area contributed by atoms with E-state index >= 15 is 0 Å². The largest absolute Gasteiger partial charge is 0.384 e. The number of aryl methyl sites for hydroxylation is 1. The summed E-state index contributed by atoms with van der Waals surface area (Å²) in [5, 5.41) is 6.08. The maximum atomic E-state index is 13.2. The summed E-state index contributed by atoms with van der Waals surface area (Å²) >= 11 is 0. The second-order valence-electron chi connectivity index (χ2n) is 6.97. The molecule has 144 valence electrons. The van der Waals surface area contributed by atoms with Crippen LogP contribution in [0.15, 0.2) is 23.3 Å². The molecule has 1 amide bonds. The molecule has 0 bridgehead atoms. The van der Waals surface area contributed by atoms with Gasteiger partial charge in [0.2, 0.25) is 0 Å². The van der Waals surface area contributed by atoms with Crippen LogP contribution in [0.5, 0.6) is 0 Å². The number of nitrogens with two attached hydrogens (primary N) is 1. The Balaban J connectivity index is 0.00000210. The van der Waals surface area contributed by atoms with Gasteiger partial charge >= 0.3 is 0 Å². The minimum atomic E-state index is -0.664. The number of hydrogen-bond donors (Lipinski definition) is 3. The summed E-state index contributed by atoms with van der Waals surface area (Å²) in [4.78, 5) is 35.9. The first-order chi connectivity index (χ1) is 12.4. The Labute approximate surface area is 162 Å². The van der Waals surface area contributed by atoms with Gasteiger partial charge in [0, 0.05) is 32.0 Å². The Hall–Kier alpha value is -2.65. The predicted molar refractivity (Wildman–Crippen MR) is 105 cm³/mol. The van der Waals surface area contributed by atoms with Crippen LogP contribution in [-0.4, -0.2) is 45.5 Å². The van der Waals surface area contributed by atoms with Gasteiger partial charge in [0.25, 0.3) is 11.5 Å². The van der Waals surface area contributed by atoms with Crippen molar-refractivity contribution in [3.8, 4) is 0 Å². The molecule has 10 heteroatoms. The average Bonchev–Trinajstić information content (AvgIpc) is 2.88. The van der Waals surface area contributed by atoms with Crippen molar-refractivity contribution in [2.45, 2.75) is 25.4 Å². The maximum Gasteiger partial charge on any atom is 0.276 e. The lowest BCUT2D eigenvalue weighted by Gasteiger charge is -2.39.